The predicted octanol–water partition coefficient (Wildman–Crippen LogP) is 4.79. The summed E-state index contributed by atoms with van der Waals surface area (Å²) in [6.07, 6.45) is 0. The van der Waals surface area contributed by atoms with Crippen LogP contribution < -0.4 is 10.1 Å². The Balaban J connectivity index is 2.22. The Hall–Kier alpha value is -1.96. The third-order valence-corrected chi connectivity index (χ3v) is 3.76. The first-order valence-electron chi connectivity index (χ1n) is 6.99. The standard InChI is InChI=1S/C18H23NO/c1-12-6-9-17(18(10-12)20-5)19-15(4)16-8-7-13(2)14(3)11-16/h6-11,15,19H,1-5H3. The van der Waals surface area contributed by atoms with Crippen LogP contribution >= 0.6 is 0 Å². The van der Waals surface area contributed by atoms with Crippen LogP contribution in [0.4, 0.5) is 5.69 Å². The van der Waals surface area contributed by atoms with Crippen molar-refractivity contribution in [1.29, 1.82) is 0 Å². The normalized spacial score (nSPS) is 12.1. The summed E-state index contributed by atoms with van der Waals surface area (Å²) in [4.78, 5) is 0. The molecule has 0 aliphatic rings. The minimum absolute atomic E-state index is 0.242. The van der Waals surface area contributed by atoms with Gasteiger partial charge in [-0.2, -0.15) is 0 Å². The molecule has 20 heavy (non-hydrogen) atoms. The van der Waals surface area contributed by atoms with Gasteiger partial charge in [0.1, 0.15) is 5.75 Å². The molecule has 0 amide bonds. The molecule has 2 rings (SSSR count). The van der Waals surface area contributed by atoms with E-state index in [9.17, 15) is 0 Å². The molecule has 0 aliphatic heterocycles. The maximum absolute atomic E-state index is 5.44. The number of rotatable bonds is 4. The van der Waals surface area contributed by atoms with Crippen molar-refractivity contribution < 1.29 is 4.74 Å². The van der Waals surface area contributed by atoms with Crippen LogP contribution in [0.15, 0.2) is 36.4 Å². The molecule has 1 atom stereocenters. The molecule has 1 N–H and O–H groups in total. The molecule has 106 valence electrons. The van der Waals surface area contributed by atoms with Crippen molar-refractivity contribution >= 4 is 5.69 Å². The Morgan fingerprint density at radius 3 is 2.35 bits per heavy atom. The fraction of sp³-hybridized carbons (Fsp3) is 0.333. The van der Waals surface area contributed by atoms with E-state index in [-0.39, 0.29) is 6.04 Å². The van der Waals surface area contributed by atoms with Crippen molar-refractivity contribution in [1.82, 2.24) is 0 Å². The second-order valence-electron chi connectivity index (χ2n) is 5.41. The lowest BCUT2D eigenvalue weighted by Gasteiger charge is -2.19. The molecule has 2 aromatic rings. The zero-order valence-electron chi connectivity index (χ0n) is 12.9. The maximum Gasteiger partial charge on any atom is 0.142 e. The van der Waals surface area contributed by atoms with Gasteiger partial charge in [-0.1, -0.05) is 24.3 Å². The number of nitrogens with one attached hydrogen (secondary N) is 1. The zero-order chi connectivity index (χ0) is 14.7. The second kappa shape index (κ2) is 6.00. The summed E-state index contributed by atoms with van der Waals surface area (Å²) >= 11 is 0. The molecule has 0 radical (unpaired) electrons. The van der Waals surface area contributed by atoms with Crippen molar-refractivity contribution in [3.05, 3.63) is 58.7 Å². The first-order valence-corrected chi connectivity index (χ1v) is 6.99. The van der Waals surface area contributed by atoms with Crippen LogP contribution in [0.25, 0.3) is 0 Å². The van der Waals surface area contributed by atoms with Crippen molar-refractivity contribution in [3.63, 3.8) is 0 Å². The van der Waals surface area contributed by atoms with Crippen molar-refractivity contribution in [2.45, 2.75) is 33.7 Å². The van der Waals surface area contributed by atoms with Gasteiger partial charge in [0, 0.05) is 6.04 Å². The molecule has 0 fully saturated rings. The SMILES string of the molecule is COc1cc(C)ccc1NC(C)c1ccc(C)c(C)c1. The average Bonchev–Trinajstić information content (AvgIpc) is 2.43. The molecule has 0 saturated carbocycles. The smallest absolute Gasteiger partial charge is 0.142 e. The van der Waals surface area contributed by atoms with E-state index in [0.29, 0.717) is 0 Å². The summed E-state index contributed by atoms with van der Waals surface area (Å²) in [5.41, 5.74) is 6.17. The van der Waals surface area contributed by atoms with Gasteiger partial charge < -0.3 is 10.1 Å². The summed E-state index contributed by atoms with van der Waals surface area (Å²) in [6.45, 7) is 8.53. The second-order valence-corrected chi connectivity index (χ2v) is 5.41. The molecule has 2 nitrogen and oxygen atoms in total. The molecule has 0 spiro atoms. The summed E-state index contributed by atoms with van der Waals surface area (Å²) < 4.78 is 5.44. The Morgan fingerprint density at radius 2 is 1.70 bits per heavy atom. The van der Waals surface area contributed by atoms with Gasteiger partial charge in [-0.05, 0) is 62.1 Å². The first-order chi connectivity index (χ1) is 9.51. The van der Waals surface area contributed by atoms with Crippen LogP contribution in [0.3, 0.4) is 0 Å². The zero-order valence-corrected chi connectivity index (χ0v) is 12.9. The van der Waals surface area contributed by atoms with Crippen molar-refractivity contribution in [3.8, 4) is 5.75 Å². The largest absolute Gasteiger partial charge is 0.495 e. The van der Waals surface area contributed by atoms with Gasteiger partial charge in [0.25, 0.3) is 0 Å². The summed E-state index contributed by atoms with van der Waals surface area (Å²) in [5.74, 6) is 0.890. The predicted molar refractivity (Wildman–Crippen MR) is 85.7 cm³/mol. The highest BCUT2D eigenvalue weighted by Gasteiger charge is 2.09. The number of ether oxygens (including phenoxy) is 1. The van der Waals surface area contributed by atoms with E-state index in [4.69, 9.17) is 4.74 Å². The fourth-order valence-corrected chi connectivity index (χ4v) is 2.27. The summed E-state index contributed by atoms with van der Waals surface area (Å²) in [6, 6.07) is 13.1. The fourth-order valence-electron chi connectivity index (χ4n) is 2.27. The van der Waals surface area contributed by atoms with E-state index in [1.165, 1.54) is 22.3 Å². The van der Waals surface area contributed by atoms with Crippen LogP contribution in [0.2, 0.25) is 0 Å². The van der Waals surface area contributed by atoms with Gasteiger partial charge in [-0.15, -0.1) is 0 Å². The van der Waals surface area contributed by atoms with Crippen LogP contribution in [0.5, 0.6) is 5.75 Å². The van der Waals surface area contributed by atoms with E-state index in [1.54, 1.807) is 7.11 Å². The minimum atomic E-state index is 0.242. The summed E-state index contributed by atoms with van der Waals surface area (Å²) in [7, 11) is 1.71. The number of hydrogen-bond acceptors (Lipinski definition) is 2. The lowest BCUT2D eigenvalue weighted by atomic mass is 10.0. The number of anilines is 1. The highest BCUT2D eigenvalue weighted by molar-refractivity contribution is 5.58. The quantitative estimate of drug-likeness (QED) is 0.861. The molecule has 0 aromatic heterocycles. The lowest BCUT2D eigenvalue weighted by Crippen LogP contribution is -2.08. The van der Waals surface area contributed by atoms with Crippen LogP contribution in [-0.4, -0.2) is 7.11 Å². The van der Waals surface area contributed by atoms with Crippen molar-refractivity contribution in [2.75, 3.05) is 12.4 Å². The molecule has 2 aromatic carbocycles. The van der Waals surface area contributed by atoms with Gasteiger partial charge in [0.2, 0.25) is 0 Å². The molecule has 2 heteroatoms. The molecular formula is C18H23NO. The monoisotopic (exact) mass is 269 g/mol. The van der Waals surface area contributed by atoms with E-state index >= 15 is 0 Å². The van der Waals surface area contributed by atoms with Gasteiger partial charge in [0.15, 0.2) is 0 Å². The van der Waals surface area contributed by atoms with Gasteiger partial charge >= 0.3 is 0 Å². The van der Waals surface area contributed by atoms with Crippen LogP contribution in [-0.2, 0) is 0 Å². The topological polar surface area (TPSA) is 21.3 Å². The van der Waals surface area contributed by atoms with E-state index < -0.39 is 0 Å². The Kier molecular flexibility index (Phi) is 4.33. The summed E-state index contributed by atoms with van der Waals surface area (Å²) in [5, 5.41) is 3.53. The Morgan fingerprint density at radius 1 is 0.950 bits per heavy atom. The van der Waals surface area contributed by atoms with Crippen molar-refractivity contribution in [2.24, 2.45) is 0 Å². The lowest BCUT2D eigenvalue weighted by molar-refractivity contribution is 0.416. The highest BCUT2D eigenvalue weighted by atomic mass is 16.5. The minimum Gasteiger partial charge on any atom is -0.495 e. The molecule has 0 bridgehead atoms. The highest BCUT2D eigenvalue weighted by Crippen LogP contribution is 2.29. The number of benzene rings is 2. The van der Waals surface area contributed by atoms with Crippen LogP contribution in [0, 0.1) is 20.8 Å². The van der Waals surface area contributed by atoms with Gasteiger partial charge in [-0.25, -0.2) is 0 Å². The molecular weight excluding hydrogens is 246 g/mol. The molecule has 0 heterocycles. The molecule has 0 aliphatic carbocycles. The molecule has 1 unspecified atom stereocenters. The van der Waals surface area contributed by atoms with Crippen LogP contribution in [0.1, 0.15) is 35.2 Å². The van der Waals surface area contributed by atoms with E-state index in [2.05, 4.69) is 69.4 Å². The van der Waals surface area contributed by atoms with E-state index in [0.717, 1.165) is 11.4 Å². The maximum atomic E-state index is 5.44. The number of methoxy groups -OCH3 is 1. The average molecular weight is 269 g/mol. The number of hydrogen-bond donors (Lipinski definition) is 1. The third kappa shape index (κ3) is 3.13. The van der Waals surface area contributed by atoms with E-state index in [1.807, 2.05) is 0 Å². The Labute approximate surface area is 121 Å². The molecule has 0 saturated heterocycles. The Bertz CT molecular complexity index is 604. The number of aryl methyl sites for hydroxylation is 3. The first kappa shape index (κ1) is 14.4. The third-order valence-electron chi connectivity index (χ3n) is 3.76. The van der Waals surface area contributed by atoms with Gasteiger partial charge in [-0.3, -0.25) is 0 Å². The van der Waals surface area contributed by atoms with Gasteiger partial charge in [0.05, 0.1) is 12.8 Å².